The highest BCUT2D eigenvalue weighted by atomic mass is 35.5. The number of anilines is 1. The summed E-state index contributed by atoms with van der Waals surface area (Å²) in [6, 6.07) is 11.1. The van der Waals surface area contributed by atoms with Crippen LogP contribution in [0, 0.1) is 0 Å². The number of nitrogens with zero attached hydrogens (tertiary/aromatic N) is 1. The largest absolute Gasteiger partial charge is 0.593 e. The Kier molecular flexibility index (Phi) is 5.99. The van der Waals surface area contributed by atoms with E-state index in [1.54, 1.807) is 18.2 Å². The summed E-state index contributed by atoms with van der Waals surface area (Å²) in [6.45, 7) is 1.66. The van der Waals surface area contributed by atoms with Gasteiger partial charge >= 0.3 is 0 Å². The lowest BCUT2D eigenvalue weighted by atomic mass is 10.1. The number of rotatable bonds is 4. The standard InChI is InChI=1S/C20H21ClN2O2S2/c21-17-13-16(6-8-19(17)27(25)23-9-1-2-10-23)22-20(24)15-5-7-18-14(12-15)4-3-11-26-18/h5-8,12-13H,1-4,9-11H2,(H,22,24). The third kappa shape index (κ3) is 4.30. The van der Waals surface area contributed by atoms with Crippen LogP contribution in [-0.4, -0.2) is 33.6 Å². The van der Waals surface area contributed by atoms with E-state index in [0.29, 0.717) is 21.2 Å². The Morgan fingerprint density at radius 2 is 1.96 bits per heavy atom. The lowest BCUT2D eigenvalue weighted by Crippen LogP contribution is -2.28. The molecule has 0 spiro atoms. The van der Waals surface area contributed by atoms with E-state index in [2.05, 4.69) is 5.32 Å². The first-order chi connectivity index (χ1) is 13.1. The molecule has 0 aromatic heterocycles. The summed E-state index contributed by atoms with van der Waals surface area (Å²) < 4.78 is 14.6. The fraction of sp³-hybridized carbons (Fsp3) is 0.350. The summed E-state index contributed by atoms with van der Waals surface area (Å²) >= 11 is 6.96. The minimum atomic E-state index is -1.24. The third-order valence-corrected chi connectivity index (χ3v) is 8.04. The molecule has 1 amide bonds. The van der Waals surface area contributed by atoms with Gasteiger partial charge in [0.05, 0.1) is 16.4 Å². The van der Waals surface area contributed by atoms with Crippen molar-refractivity contribution in [2.45, 2.75) is 35.5 Å². The Morgan fingerprint density at radius 1 is 1.15 bits per heavy atom. The number of aryl methyl sites for hydroxylation is 1. The predicted molar refractivity (Wildman–Crippen MR) is 112 cm³/mol. The third-order valence-electron chi connectivity index (χ3n) is 4.85. The average Bonchev–Trinajstić information content (AvgIpc) is 3.22. The zero-order valence-corrected chi connectivity index (χ0v) is 17.3. The predicted octanol–water partition coefficient (Wildman–Crippen LogP) is 4.75. The molecule has 0 bridgehead atoms. The molecule has 0 aliphatic carbocycles. The quantitative estimate of drug-likeness (QED) is 0.725. The Balaban J connectivity index is 1.47. The molecule has 4 nitrogen and oxygen atoms in total. The molecule has 2 aliphatic rings. The van der Waals surface area contributed by atoms with Crippen LogP contribution >= 0.6 is 23.4 Å². The van der Waals surface area contributed by atoms with Gasteiger partial charge in [-0.25, -0.2) is 0 Å². The van der Waals surface area contributed by atoms with Crippen LogP contribution in [0.5, 0.6) is 0 Å². The van der Waals surface area contributed by atoms with Crippen molar-refractivity contribution >= 4 is 46.3 Å². The van der Waals surface area contributed by atoms with Crippen molar-refractivity contribution in [2.75, 3.05) is 24.2 Å². The molecule has 1 unspecified atom stereocenters. The van der Waals surface area contributed by atoms with Crippen LogP contribution in [0.15, 0.2) is 46.2 Å². The van der Waals surface area contributed by atoms with Gasteiger partial charge in [0.1, 0.15) is 0 Å². The van der Waals surface area contributed by atoms with E-state index < -0.39 is 11.4 Å². The highest BCUT2D eigenvalue weighted by molar-refractivity contribution is 7.99. The number of hydrogen-bond acceptors (Lipinski definition) is 4. The molecule has 2 heterocycles. The zero-order valence-electron chi connectivity index (χ0n) is 14.9. The molecule has 2 aromatic carbocycles. The van der Waals surface area contributed by atoms with Gasteiger partial charge in [-0.05, 0) is 73.4 Å². The van der Waals surface area contributed by atoms with Crippen molar-refractivity contribution in [3.8, 4) is 0 Å². The van der Waals surface area contributed by atoms with Gasteiger partial charge in [-0.2, -0.15) is 0 Å². The topological polar surface area (TPSA) is 55.4 Å². The first-order valence-corrected chi connectivity index (χ1v) is 11.6. The van der Waals surface area contributed by atoms with Crippen molar-refractivity contribution in [3.05, 3.63) is 52.5 Å². The second-order valence-corrected chi connectivity index (χ2v) is 9.76. The minimum absolute atomic E-state index is 0.155. The molecule has 0 radical (unpaired) electrons. The van der Waals surface area contributed by atoms with E-state index in [-0.39, 0.29) is 5.91 Å². The number of carbonyl (C=O) groups is 1. The Morgan fingerprint density at radius 3 is 2.74 bits per heavy atom. The molecule has 1 atom stereocenters. The van der Waals surface area contributed by atoms with Crippen molar-refractivity contribution in [1.29, 1.82) is 0 Å². The van der Waals surface area contributed by atoms with E-state index in [0.717, 1.165) is 44.5 Å². The first kappa shape index (κ1) is 19.2. The number of amides is 1. The van der Waals surface area contributed by atoms with Crippen LogP contribution in [0.3, 0.4) is 0 Å². The number of carbonyl (C=O) groups excluding carboxylic acids is 1. The van der Waals surface area contributed by atoms with Crippen LogP contribution in [0.4, 0.5) is 5.69 Å². The maximum absolute atomic E-state index is 12.6. The maximum Gasteiger partial charge on any atom is 0.255 e. The molecule has 7 heteroatoms. The fourth-order valence-corrected chi connectivity index (χ4v) is 6.09. The van der Waals surface area contributed by atoms with Gasteiger partial charge in [0.15, 0.2) is 4.90 Å². The van der Waals surface area contributed by atoms with E-state index in [1.165, 1.54) is 10.5 Å². The SMILES string of the molecule is O=C(Nc1ccc([S+]([O-])N2CCCC2)c(Cl)c1)c1ccc2c(c1)CCCS2. The first-order valence-electron chi connectivity index (χ1n) is 9.15. The van der Waals surface area contributed by atoms with E-state index in [1.807, 2.05) is 34.3 Å². The Labute approximate surface area is 172 Å². The van der Waals surface area contributed by atoms with Gasteiger partial charge in [0.2, 0.25) is 0 Å². The molecule has 0 saturated carbocycles. The lowest BCUT2D eigenvalue weighted by molar-refractivity contribution is 0.102. The molecule has 1 fully saturated rings. The summed E-state index contributed by atoms with van der Waals surface area (Å²) in [7, 11) is 0. The molecule has 142 valence electrons. The fourth-order valence-electron chi connectivity index (χ4n) is 3.42. The molecule has 4 rings (SSSR count). The number of nitrogens with one attached hydrogen (secondary N) is 1. The van der Waals surface area contributed by atoms with E-state index in [4.69, 9.17) is 11.6 Å². The number of fused-ring (bicyclic) bond motifs is 1. The number of benzene rings is 2. The minimum Gasteiger partial charge on any atom is -0.593 e. The average molecular weight is 421 g/mol. The highest BCUT2D eigenvalue weighted by Crippen LogP contribution is 2.32. The lowest BCUT2D eigenvalue weighted by Gasteiger charge is -2.19. The van der Waals surface area contributed by atoms with Crippen LogP contribution in [0.2, 0.25) is 5.02 Å². The number of hydrogen-bond donors (Lipinski definition) is 1. The molecular formula is C20H21ClN2O2S2. The summed E-state index contributed by atoms with van der Waals surface area (Å²) in [4.78, 5) is 14.5. The van der Waals surface area contributed by atoms with Gasteiger partial charge in [-0.15, -0.1) is 16.1 Å². The van der Waals surface area contributed by atoms with Crippen LogP contribution in [-0.2, 0) is 17.8 Å². The smallest absolute Gasteiger partial charge is 0.255 e. The normalized spacial score (nSPS) is 18.1. The Hall–Kier alpha value is -1.18. The van der Waals surface area contributed by atoms with Gasteiger partial charge in [0.25, 0.3) is 5.91 Å². The molecular weight excluding hydrogens is 400 g/mol. The van der Waals surface area contributed by atoms with Crippen molar-refractivity contribution in [1.82, 2.24) is 4.31 Å². The summed E-state index contributed by atoms with van der Waals surface area (Å²) in [5, 5.41) is 3.32. The van der Waals surface area contributed by atoms with Crippen LogP contribution in [0.1, 0.15) is 35.2 Å². The summed E-state index contributed by atoms with van der Waals surface area (Å²) in [5.74, 6) is 0.986. The van der Waals surface area contributed by atoms with Crippen LogP contribution in [0.25, 0.3) is 0 Å². The van der Waals surface area contributed by atoms with Crippen LogP contribution < -0.4 is 5.32 Å². The van der Waals surface area contributed by atoms with E-state index >= 15 is 0 Å². The number of thioether (sulfide) groups is 1. The monoisotopic (exact) mass is 420 g/mol. The van der Waals surface area contributed by atoms with Crippen molar-refractivity contribution < 1.29 is 9.35 Å². The van der Waals surface area contributed by atoms with Gasteiger partial charge in [-0.1, -0.05) is 11.6 Å². The molecule has 2 aliphatic heterocycles. The van der Waals surface area contributed by atoms with Crippen molar-refractivity contribution in [3.63, 3.8) is 0 Å². The second kappa shape index (κ2) is 8.45. The molecule has 2 aromatic rings. The zero-order chi connectivity index (χ0) is 18.8. The van der Waals surface area contributed by atoms with Crippen molar-refractivity contribution in [2.24, 2.45) is 0 Å². The second-order valence-electron chi connectivity index (χ2n) is 6.76. The van der Waals surface area contributed by atoms with Gasteiger partial charge in [-0.3, -0.25) is 4.79 Å². The summed E-state index contributed by atoms with van der Waals surface area (Å²) in [6.07, 6.45) is 4.30. The molecule has 27 heavy (non-hydrogen) atoms. The molecule has 1 saturated heterocycles. The Bertz CT molecular complexity index is 856. The summed E-state index contributed by atoms with van der Waals surface area (Å²) in [5.41, 5.74) is 2.50. The maximum atomic E-state index is 12.6. The number of halogens is 1. The van der Waals surface area contributed by atoms with Gasteiger partial charge < -0.3 is 9.87 Å². The molecule has 1 N–H and O–H groups in total. The van der Waals surface area contributed by atoms with Gasteiger partial charge in [0, 0.05) is 29.2 Å². The highest BCUT2D eigenvalue weighted by Gasteiger charge is 2.28. The van der Waals surface area contributed by atoms with E-state index in [9.17, 15) is 9.35 Å².